The van der Waals surface area contributed by atoms with Gasteiger partial charge >= 0.3 is 0 Å². The quantitative estimate of drug-likeness (QED) is 0.591. The first-order chi connectivity index (χ1) is 7.99. The molecule has 0 bridgehead atoms. The van der Waals surface area contributed by atoms with Gasteiger partial charge in [-0.2, -0.15) is 0 Å². The molecule has 2 fully saturated rings. The normalized spacial score (nSPS) is 46.1. The number of hydrogen-bond acceptors (Lipinski definition) is 2. The number of carbonyl (C=O) groups excluding carboxylic acids is 1. The number of allylic oxidation sites excluding steroid dienone is 1. The Balaban J connectivity index is 2.22. The van der Waals surface area contributed by atoms with Crippen molar-refractivity contribution in [1.29, 1.82) is 0 Å². The van der Waals surface area contributed by atoms with E-state index >= 15 is 0 Å². The van der Waals surface area contributed by atoms with Crippen molar-refractivity contribution >= 4 is 6.29 Å². The lowest BCUT2D eigenvalue weighted by molar-refractivity contribution is -0.123. The Hall–Kier alpha value is -0.630. The standard InChI is InChI=1S/C15H24O2/c1-10(2)12-4-5-15(8-12)11(3)6-14(17)7-13(15)9-16/h9,11-14,17H,1,4-8H2,2-3H3/t11-,12+,13-,14+,15+/m1/s1. The molecule has 2 heteroatoms. The highest BCUT2D eigenvalue weighted by atomic mass is 16.3. The molecule has 2 saturated carbocycles. The minimum atomic E-state index is -0.283. The topological polar surface area (TPSA) is 37.3 Å². The lowest BCUT2D eigenvalue weighted by atomic mass is 9.59. The molecule has 5 atom stereocenters. The molecule has 0 aromatic heterocycles. The van der Waals surface area contributed by atoms with Crippen LogP contribution in [0.1, 0.15) is 46.0 Å². The van der Waals surface area contributed by atoms with Gasteiger partial charge in [-0.25, -0.2) is 0 Å². The van der Waals surface area contributed by atoms with Crippen LogP contribution in [0.5, 0.6) is 0 Å². The van der Waals surface area contributed by atoms with Crippen LogP contribution < -0.4 is 0 Å². The molecule has 2 nitrogen and oxygen atoms in total. The van der Waals surface area contributed by atoms with E-state index in [2.05, 4.69) is 20.4 Å². The van der Waals surface area contributed by atoms with Crippen molar-refractivity contribution in [2.24, 2.45) is 23.2 Å². The minimum absolute atomic E-state index is 0.0469. The van der Waals surface area contributed by atoms with Crippen LogP contribution in [0.15, 0.2) is 12.2 Å². The third-order valence-corrected chi connectivity index (χ3v) is 5.32. The summed E-state index contributed by atoms with van der Waals surface area (Å²) in [6, 6.07) is 0. The Labute approximate surface area is 104 Å². The van der Waals surface area contributed by atoms with Gasteiger partial charge in [0, 0.05) is 5.92 Å². The second-order valence-electron chi connectivity index (χ2n) is 6.29. The van der Waals surface area contributed by atoms with Crippen LogP contribution in [0, 0.1) is 23.2 Å². The first kappa shape index (κ1) is 12.8. The average Bonchev–Trinajstić information content (AvgIpc) is 2.70. The monoisotopic (exact) mass is 236 g/mol. The van der Waals surface area contributed by atoms with Crippen LogP contribution in [0.4, 0.5) is 0 Å². The highest BCUT2D eigenvalue weighted by Crippen LogP contribution is 2.57. The van der Waals surface area contributed by atoms with Gasteiger partial charge in [0.1, 0.15) is 6.29 Å². The van der Waals surface area contributed by atoms with E-state index < -0.39 is 0 Å². The number of carbonyl (C=O) groups is 1. The third kappa shape index (κ3) is 2.08. The molecule has 0 radical (unpaired) electrons. The minimum Gasteiger partial charge on any atom is -0.393 e. The van der Waals surface area contributed by atoms with Crippen LogP contribution in [0.3, 0.4) is 0 Å². The first-order valence-electron chi connectivity index (χ1n) is 6.78. The summed E-state index contributed by atoms with van der Waals surface area (Å²) in [7, 11) is 0. The molecule has 0 unspecified atom stereocenters. The van der Waals surface area contributed by atoms with Crippen LogP contribution in [-0.2, 0) is 4.79 Å². The maximum atomic E-state index is 11.4. The molecule has 2 aliphatic rings. The molecule has 0 saturated heterocycles. The fourth-order valence-corrected chi connectivity index (χ4v) is 4.13. The van der Waals surface area contributed by atoms with Gasteiger partial charge in [0.05, 0.1) is 6.10 Å². The van der Waals surface area contributed by atoms with Gasteiger partial charge in [0.2, 0.25) is 0 Å². The van der Waals surface area contributed by atoms with Crippen LogP contribution in [0.2, 0.25) is 0 Å². The predicted molar refractivity (Wildman–Crippen MR) is 68.5 cm³/mol. The molecule has 17 heavy (non-hydrogen) atoms. The van der Waals surface area contributed by atoms with Crippen molar-refractivity contribution in [1.82, 2.24) is 0 Å². The van der Waals surface area contributed by atoms with Crippen LogP contribution >= 0.6 is 0 Å². The SMILES string of the molecule is C=C(C)[C@H]1CC[C@]2(C1)[C@H](C)C[C@H](O)C[C@@H]2C=O. The molecule has 0 aromatic carbocycles. The summed E-state index contributed by atoms with van der Waals surface area (Å²) in [5.74, 6) is 1.08. The molecule has 2 rings (SSSR count). The first-order valence-corrected chi connectivity index (χ1v) is 6.78. The van der Waals surface area contributed by atoms with E-state index in [1.165, 1.54) is 12.0 Å². The Morgan fingerprint density at radius 1 is 1.47 bits per heavy atom. The molecule has 0 amide bonds. The Bertz CT molecular complexity index is 323. The highest BCUT2D eigenvalue weighted by molar-refractivity contribution is 5.56. The van der Waals surface area contributed by atoms with Gasteiger partial charge in [0.15, 0.2) is 0 Å². The van der Waals surface area contributed by atoms with Crippen molar-refractivity contribution in [3.05, 3.63) is 12.2 Å². The summed E-state index contributed by atoms with van der Waals surface area (Å²) >= 11 is 0. The smallest absolute Gasteiger partial charge is 0.123 e. The number of rotatable bonds is 2. The van der Waals surface area contributed by atoms with E-state index in [-0.39, 0.29) is 17.4 Å². The molecule has 1 spiro atoms. The van der Waals surface area contributed by atoms with E-state index in [0.29, 0.717) is 18.3 Å². The van der Waals surface area contributed by atoms with E-state index in [1.54, 1.807) is 0 Å². The van der Waals surface area contributed by atoms with Crippen molar-refractivity contribution in [2.75, 3.05) is 0 Å². The molecule has 0 aliphatic heterocycles. The van der Waals surface area contributed by atoms with Crippen LogP contribution in [-0.4, -0.2) is 17.5 Å². The predicted octanol–water partition coefficient (Wildman–Crippen LogP) is 2.95. The zero-order valence-electron chi connectivity index (χ0n) is 11.0. The summed E-state index contributed by atoms with van der Waals surface area (Å²) in [4.78, 5) is 11.4. The van der Waals surface area contributed by atoms with Gasteiger partial charge in [-0.1, -0.05) is 19.1 Å². The molecule has 0 aromatic rings. The molecule has 0 heterocycles. The molecular formula is C15H24O2. The zero-order valence-corrected chi connectivity index (χ0v) is 11.0. The number of aliphatic hydroxyl groups is 1. The fraction of sp³-hybridized carbons (Fsp3) is 0.800. The molecule has 2 aliphatic carbocycles. The molecular weight excluding hydrogens is 212 g/mol. The summed E-state index contributed by atoms with van der Waals surface area (Å²) in [5, 5.41) is 9.82. The maximum Gasteiger partial charge on any atom is 0.123 e. The van der Waals surface area contributed by atoms with E-state index in [9.17, 15) is 9.90 Å². The average molecular weight is 236 g/mol. The summed E-state index contributed by atoms with van der Waals surface area (Å²) < 4.78 is 0. The lowest BCUT2D eigenvalue weighted by Gasteiger charge is -2.46. The fourth-order valence-electron chi connectivity index (χ4n) is 4.13. The van der Waals surface area contributed by atoms with E-state index in [0.717, 1.165) is 25.5 Å². The Kier molecular flexibility index (Phi) is 3.44. The summed E-state index contributed by atoms with van der Waals surface area (Å²) in [5.41, 5.74) is 1.40. The van der Waals surface area contributed by atoms with Gasteiger partial charge in [-0.3, -0.25) is 0 Å². The molecule has 1 N–H and O–H groups in total. The number of aliphatic hydroxyl groups excluding tert-OH is 1. The van der Waals surface area contributed by atoms with Crippen molar-refractivity contribution in [3.63, 3.8) is 0 Å². The highest BCUT2D eigenvalue weighted by Gasteiger charge is 2.51. The third-order valence-electron chi connectivity index (χ3n) is 5.32. The summed E-state index contributed by atoms with van der Waals surface area (Å²) in [6.07, 6.45) is 5.72. The van der Waals surface area contributed by atoms with Gasteiger partial charge in [-0.05, 0) is 56.3 Å². The largest absolute Gasteiger partial charge is 0.393 e. The van der Waals surface area contributed by atoms with E-state index in [4.69, 9.17) is 0 Å². The number of hydrogen-bond donors (Lipinski definition) is 1. The summed E-state index contributed by atoms with van der Waals surface area (Å²) in [6.45, 7) is 8.38. The van der Waals surface area contributed by atoms with E-state index in [1.807, 2.05) is 0 Å². The zero-order chi connectivity index (χ0) is 12.6. The number of aldehydes is 1. The molecule has 96 valence electrons. The second-order valence-corrected chi connectivity index (χ2v) is 6.29. The Morgan fingerprint density at radius 3 is 2.71 bits per heavy atom. The van der Waals surface area contributed by atoms with Gasteiger partial charge in [-0.15, -0.1) is 0 Å². The lowest BCUT2D eigenvalue weighted by Crippen LogP contribution is -2.43. The van der Waals surface area contributed by atoms with Crippen molar-refractivity contribution < 1.29 is 9.90 Å². The van der Waals surface area contributed by atoms with Crippen molar-refractivity contribution in [2.45, 2.75) is 52.1 Å². The second kappa shape index (κ2) is 4.56. The Morgan fingerprint density at radius 2 is 2.18 bits per heavy atom. The van der Waals surface area contributed by atoms with Gasteiger partial charge < -0.3 is 9.90 Å². The van der Waals surface area contributed by atoms with Gasteiger partial charge in [0.25, 0.3) is 0 Å². The van der Waals surface area contributed by atoms with Crippen molar-refractivity contribution in [3.8, 4) is 0 Å². The van der Waals surface area contributed by atoms with Crippen LogP contribution in [0.25, 0.3) is 0 Å². The maximum absolute atomic E-state index is 11.4.